The third kappa shape index (κ3) is 5.45. The Balaban J connectivity index is 0.000000745. The first-order valence-corrected chi connectivity index (χ1v) is 7.33. The van der Waals surface area contributed by atoms with E-state index in [0.717, 1.165) is 17.8 Å². The van der Waals surface area contributed by atoms with E-state index < -0.39 is 11.6 Å². The van der Waals surface area contributed by atoms with Crippen molar-refractivity contribution in [3.63, 3.8) is 0 Å². The predicted octanol–water partition coefficient (Wildman–Crippen LogP) is 2.47. The number of nitrogen functional groups attached to an aromatic ring is 1. The lowest BCUT2D eigenvalue weighted by molar-refractivity contribution is 0.393. The Morgan fingerprint density at radius 3 is 2.59 bits per heavy atom. The van der Waals surface area contributed by atoms with Crippen molar-refractivity contribution in [2.75, 3.05) is 26.9 Å². The lowest BCUT2D eigenvalue weighted by Gasteiger charge is -2.05. The van der Waals surface area contributed by atoms with Gasteiger partial charge in [0.2, 0.25) is 5.88 Å². The molecule has 2 rings (SSSR count). The van der Waals surface area contributed by atoms with Gasteiger partial charge in [0.15, 0.2) is 16.8 Å². The number of hydrogen-bond donors (Lipinski definition) is 2. The molecular weight excluding hydrogens is 310 g/mol. The van der Waals surface area contributed by atoms with Crippen molar-refractivity contribution in [3.05, 3.63) is 41.5 Å². The fourth-order valence-corrected chi connectivity index (χ4v) is 2.22. The van der Waals surface area contributed by atoms with Crippen LogP contribution in [0.5, 0.6) is 5.88 Å². The van der Waals surface area contributed by atoms with Crippen molar-refractivity contribution >= 4 is 17.6 Å². The minimum Gasteiger partial charge on any atom is -0.481 e. The van der Waals surface area contributed by atoms with Crippen LogP contribution in [-0.4, -0.2) is 31.2 Å². The number of ether oxygens (including phenoxy) is 1. The Hall–Kier alpha value is -1.93. The van der Waals surface area contributed by atoms with Gasteiger partial charge in [0, 0.05) is 17.4 Å². The van der Waals surface area contributed by atoms with Crippen LogP contribution in [0.4, 0.5) is 14.6 Å². The van der Waals surface area contributed by atoms with E-state index in [2.05, 4.69) is 15.3 Å². The first-order valence-electron chi connectivity index (χ1n) is 6.34. The van der Waals surface area contributed by atoms with Crippen molar-refractivity contribution in [1.82, 2.24) is 15.3 Å². The number of nitrogens with two attached hydrogens (primary N) is 1. The number of thioether (sulfide) groups is 1. The van der Waals surface area contributed by atoms with E-state index in [0.29, 0.717) is 11.0 Å². The lowest BCUT2D eigenvalue weighted by atomic mass is 10.2. The van der Waals surface area contributed by atoms with E-state index in [-0.39, 0.29) is 17.1 Å². The molecule has 0 fully saturated rings. The van der Waals surface area contributed by atoms with E-state index in [1.165, 1.54) is 25.3 Å². The summed E-state index contributed by atoms with van der Waals surface area (Å²) < 4.78 is 31.4. The topological polar surface area (TPSA) is 73.1 Å². The van der Waals surface area contributed by atoms with Crippen LogP contribution in [0.25, 0.3) is 0 Å². The maximum absolute atomic E-state index is 13.5. The van der Waals surface area contributed by atoms with Gasteiger partial charge in [-0.1, -0.05) is 23.9 Å². The van der Waals surface area contributed by atoms with E-state index >= 15 is 0 Å². The molecule has 0 aliphatic carbocycles. The zero-order valence-electron chi connectivity index (χ0n) is 12.6. The second kappa shape index (κ2) is 9.16. The van der Waals surface area contributed by atoms with E-state index in [1.807, 2.05) is 14.1 Å². The second-order valence-electron chi connectivity index (χ2n) is 4.12. The van der Waals surface area contributed by atoms with Gasteiger partial charge in [-0.2, -0.15) is 4.98 Å². The predicted molar refractivity (Wildman–Crippen MR) is 83.9 cm³/mol. The van der Waals surface area contributed by atoms with Crippen LogP contribution in [0.15, 0.2) is 29.4 Å². The third-order valence-corrected chi connectivity index (χ3v) is 3.20. The normalized spacial score (nSPS) is 9.86. The number of halogens is 2. The molecule has 1 aromatic carbocycles. The monoisotopic (exact) mass is 328 g/mol. The summed E-state index contributed by atoms with van der Waals surface area (Å²) in [5.74, 6) is -0.935. The number of rotatable bonds is 4. The van der Waals surface area contributed by atoms with Crippen molar-refractivity contribution in [2.24, 2.45) is 0 Å². The van der Waals surface area contributed by atoms with Gasteiger partial charge in [0.1, 0.15) is 5.82 Å². The number of nitrogens with one attached hydrogen (secondary N) is 1. The van der Waals surface area contributed by atoms with Gasteiger partial charge in [-0.3, -0.25) is 0 Å². The zero-order chi connectivity index (χ0) is 16.5. The Kier molecular flexibility index (Phi) is 7.55. The average molecular weight is 328 g/mol. The molecule has 3 N–H and O–H groups in total. The van der Waals surface area contributed by atoms with Gasteiger partial charge in [-0.25, -0.2) is 13.8 Å². The summed E-state index contributed by atoms with van der Waals surface area (Å²) in [6.07, 6.45) is 0. The molecule has 0 radical (unpaired) electrons. The summed E-state index contributed by atoms with van der Waals surface area (Å²) in [7, 11) is 5.21. The van der Waals surface area contributed by atoms with Crippen molar-refractivity contribution in [3.8, 4) is 5.88 Å². The molecule has 2 aromatic rings. The number of methoxy groups -OCH3 is 1. The molecule has 0 bridgehead atoms. The molecule has 8 heteroatoms. The minimum absolute atomic E-state index is 0.205. The number of anilines is 1. The molecule has 120 valence electrons. The number of aromatic nitrogens is 2. The van der Waals surface area contributed by atoms with Crippen LogP contribution in [-0.2, 0) is 5.75 Å². The number of benzene rings is 1. The van der Waals surface area contributed by atoms with Gasteiger partial charge in [-0.05, 0) is 20.2 Å². The van der Waals surface area contributed by atoms with Crippen molar-refractivity contribution in [2.45, 2.75) is 10.9 Å². The molecule has 0 spiro atoms. The van der Waals surface area contributed by atoms with Gasteiger partial charge in [-0.15, -0.1) is 0 Å². The molecule has 0 unspecified atom stereocenters. The number of nitrogens with zero attached hydrogens (tertiary/aromatic N) is 2. The average Bonchev–Trinajstić information content (AvgIpc) is 2.49. The zero-order valence-corrected chi connectivity index (χ0v) is 13.4. The molecule has 0 aliphatic heterocycles. The fraction of sp³-hybridized carbons (Fsp3) is 0.286. The maximum atomic E-state index is 13.5. The highest BCUT2D eigenvalue weighted by atomic mass is 32.2. The number of hydrogen-bond acceptors (Lipinski definition) is 6. The Bertz CT molecular complexity index is 613. The van der Waals surface area contributed by atoms with Gasteiger partial charge in [0.25, 0.3) is 0 Å². The minimum atomic E-state index is -0.871. The highest BCUT2D eigenvalue weighted by Crippen LogP contribution is 2.24. The van der Waals surface area contributed by atoms with E-state index in [1.54, 1.807) is 0 Å². The summed E-state index contributed by atoms with van der Waals surface area (Å²) in [6.45, 7) is 0. The summed E-state index contributed by atoms with van der Waals surface area (Å²) >= 11 is 1.15. The molecule has 0 amide bonds. The quantitative estimate of drug-likeness (QED) is 0.663. The highest BCUT2D eigenvalue weighted by Gasteiger charge is 2.10. The summed E-state index contributed by atoms with van der Waals surface area (Å²) in [5, 5.41) is 3.10. The lowest BCUT2D eigenvalue weighted by Crippen LogP contribution is -1.98. The molecule has 22 heavy (non-hydrogen) atoms. The molecular formula is C14H18F2N4OS. The molecule has 0 saturated heterocycles. The molecule has 0 atom stereocenters. The van der Waals surface area contributed by atoms with Crippen molar-refractivity contribution in [1.29, 1.82) is 0 Å². The van der Waals surface area contributed by atoms with E-state index in [9.17, 15) is 8.78 Å². The van der Waals surface area contributed by atoms with Crippen LogP contribution < -0.4 is 15.8 Å². The first-order chi connectivity index (χ1) is 10.5. The van der Waals surface area contributed by atoms with Crippen LogP contribution in [0, 0.1) is 11.6 Å². The molecule has 1 aromatic heterocycles. The molecule has 1 heterocycles. The molecule has 0 saturated carbocycles. The summed E-state index contributed by atoms with van der Waals surface area (Å²) in [5.41, 5.74) is 5.82. The second-order valence-corrected chi connectivity index (χ2v) is 5.06. The summed E-state index contributed by atoms with van der Waals surface area (Å²) in [6, 6.07) is 5.51. The Morgan fingerprint density at radius 1 is 1.27 bits per heavy atom. The SMILES string of the molecule is CNC.COc1cc(N)nc(SCc2cccc(F)c2F)n1. The van der Waals surface area contributed by atoms with Gasteiger partial charge < -0.3 is 15.8 Å². The largest absolute Gasteiger partial charge is 0.481 e. The van der Waals surface area contributed by atoms with Gasteiger partial charge in [0.05, 0.1) is 7.11 Å². The highest BCUT2D eigenvalue weighted by molar-refractivity contribution is 7.98. The fourth-order valence-electron chi connectivity index (χ4n) is 1.39. The standard InChI is InChI=1S/C12H11F2N3OS.C2H7N/c1-18-10-5-9(15)16-12(17-10)19-6-7-3-2-4-8(13)11(7)14;1-3-2/h2-5H,6H2,1H3,(H2,15,16,17);3H,1-2H3. The third-order valence-electron chi connectivity index (χ3n) is 2.30. The summed E-state index contributed by atoms with van der Waals surface area (Å²) in [4.78, 5) is 8.04. The Morgan fingerprint density at radius 2 is 1.95 bits per heavy atom. The smallest absolute Gasteiger partial charge is 0.219 e. The van der Waals surface area contributed by atoms with Crippen LogP contribution in [0.2, 0.25) is 0 Å². The van der Waals surface area contributed by atoms with Crippen LogP contribution >= 0.6 is 11.8 Å². The van der Waals surface area contributed by atoms with E-state index in [4.69, 9.17) is 10.5 Å². The Labute approximate surface area is 132 Å². The van der Waals surface area contributed by atoms with Crippen LogP contribution in [0.1, 0.15) is 5.56 Å². The van der Waals surface area contributed by atoms with Crippen LogP contribution in [0.3, 0.4) is 0 Å². The first kappa shape index (κ1) is 18.1. The molecule has 5 nitrogen and oxygen atoms in total. The van der Waals surface area contributed by atoms with Crippen molar-refractivity contribution < 1.29 is 13.5 Å². The maximum Gasteiger partial charge on any atom is 0.219 e. The van der Waals surface area contributed by atoms with Gasteiger partial charge >= 0.3 is 0 Å². The molecule has 0 aliphatic rings.